The average molecular weight is 467 g/mol. The first-order valence-electron chi connectivity index (χ1n) is 15.8. The molecule has 2 fully saturated rings. The van der Waals surface area contributed by atoms with E-state index in [0.29, 0.717) is 0 Å². The molecule has 0 unspecified atom stereocenters. The first-order chi connectivity index (χ1) is 16.8. The SMILES string of the molecule is CCCCCC1CCC(CCCCc2ccc(CCC3CCC(CCCCC)CC3)cc2)CC1. The van der Waals surface area contributed by atoms with Gasteiger partial charge in [0.1, 0.15) is 0 Å². The summed E-state index contributed by atoms with van der Waals surface area (Å²) in [6.45, 7) is 4.65. The van der Waals surface area contributed by atoms with Crippen LogP contribution in [0.15, 0.2) is 24.3 Å². The van der Waals surface area contributed by atoms with Crippen molar-refractivity contribution in [2.75, 3.05) is 0 Å². The average Bonchev–Trinajstić information content (AvgIpc) is 2.88. The molecule has 0 aromatic heterocycles. The first-order valence-corrected chi connectivity index (χ1v) is 15.8. The van der Waals surface area contributed by atoms with Gasteiger partial charge in [-0.1, -0.05) is 154 Å². The lowest BCUT2D eigenvalue weighted by Crippen LogP contribution is -2.15. The van der Waals surface area contributed by atoms with Crippen LogP contribution in [0.25, 0.3) is 0 Å². The second-order valence-corrected chi connectivity index (χ2v) is 12.4. The Morgan fingerprint density at radius 1 is 0.441 bits per heavy atom. The minimum atomic E-state index is 0.994. The van der Waals surface area contributed by atoms with E-state index < -0.39 is 0 Å². The smallest absolute Gasteiger partial charge is 0.0276 e. The molecule has 0 radical (unpaired) electrons. The highest BCUT2D eigenvalue weighted by atomic mass is 14.3. The van der Waals surface area contributed by atoms with Crippen LogP contribution in [0.4, 0.5) is 0 Å². The Kier molecular flexibility index (Phi) is 13.7. The number of hydrogen-bond donors (Lipinski definition) is 0. The van der Waals surface area contributed by atoms with Crippen LogP contribution < -0.4 is 0 Å². The second kappa shape index (κ2) is 16.8. The molecule has 0 heteroatoms. The highest BCUT2D eigenvalue weighted by molar-refractivity contribution is 5.22. The minimum absolute atomic E-state index is 0.994. The normalized spacial score (nSPS) is 25.5. The fourth-order valence-corrected chi connectivity index (χ4v) is 6.99. The van der Waals surface area contributed by atoms with Crippen molar-refractivity contribution in [3.63, 3.8) is 0 Å². The van der Waals surface area contributed by atoms with Gasteiger partial charge in [0.05, 0.1) is 0 Å². The van der Waals surface area contributed by atoms with E-state index in [0.717, 1.165) is 23.7 Å². The molecule has 0 amide bonds. The van der Waals surface area contributed by atoms with Crippen molar-refractivity contribution in [1.29, 1.82) is 0 Å². The maximum atomic E-state index is 2.44. The molecule has 2 aliphatic carbocycles. The summed E-state index contributed by atoms with van der Waals surface area (Å²) < 4.78 is 0. The molecule has 0 nitrogen and oxygen atoms in total. The lowest BCUT2D eigenvalue weighted by Gasteiger charge is -2.28. The van der Waals surface area contributed by atoms with Crippen LogP contribution in [0.1, 0.15) is 153 Å². The number of aryl methyl sites for hydroxylation is 2. The maximum absolute atomic E-state index is 2.44. The summed E-state index contributed by atoms with van der Waals surface area (Å²) in [6, 6.07) is 9.74. The van der Waals surface area contributed by atoms with Crippen LogP contribution in [-0.4, -0.2) is 0 Å². The predicted molar refractivity (Wildman–Crippen MR) is 151 cm³/mol. The largest absolute Gasteiger partial charge is 0.0654 e. The lowest BCUT2D eigenvalue weighted by molar-refractivity contribution is 0.245. The summed E-state index contributed by atoms with van der Waals surface area (Å²) >= 11 is 0. The highest BCUT2D eigenvalue weighted by Gasteiger charge is 2.21. The van der Waals surface area contributed by atoms with Gasteiger partial charge in [0.25, 0.3) is 0 Å². The molecule has 0 atom stereocenters. The lowest BCUT2D eigenvalue weighted by atomic mass is 9.77. The number of rotatable bonds is 16. The van der Waals surface area contributed by atoms with E-state index in [4.69, 9.17) is 0 Å². The molecular formula is C34H58. The van der Waals surface area contributed by atoms with Gasteiger partial charge < -0.3 is 0 Å². The van der Waals surface area contributed by atoms with Gasteiger partial charge in [-0.15, -0.1) is 0 Å². The summed E-state index contributed by atoms with van der Waals surface area (Å²) in [5.74, 6) is 4.14. The third kappa shape index (κ3) is 10.9. The summed E-state index contributed by atoms with van der Waals surface area (Å²) in [4.78, 5) is 0. The zero-order chi connectivity index (χ0) is 23.8. The zero-order valence-electron chi connectivity index (χ0n) is 23.2. The van der Waals surface area contributed by atoms with Crippen molar-refractivity contribution < 1.29 is 0 Å². The number of benzene rings is 1. The van der Waals surface area contributed by atoms with Gasteiger partial charge in [-0.3, -0.25) is 0 Å². The molecule has 0 N–H and O–H groups in total. The molecular weight excluding hydrogens is 408 g/mol. The molecule has 2 saturated carbocycles. The fraction of sp³-hybridized carbons (Fsp3) is 0.824. The van der Waals surface area contributed by atoms with Crippen LogP contribution in [-0.2, 0) is 12.8 Å². The standard InChI is InChI=1S/C34H58/c1-3-5-7-11-29-15-17-31(18-16-29)13-9-10-14-32-21-25-34(26-22-32)28-27-33-23-19-30(20-24-33)12-8-6-4-2/h21-22,25-26,29-31,33H,3-20,23-24,27-28H2,1-2H3. The van der Waals surface area contributed by atoms with Gasteiger partial charge in [-0.2, -0.15) is 0 Å². The van der Waals surface area contributed by atoms with Gasteiger partial charge in [0.15, 0.2) is 0 Å². The third-order valence-electron chi connectivity index (χ3n) is 9.56. The van der Waals surface area contributed by atoms with Crippen molar-refractivity contribution >= 4 is 0 Å². The van der Waals surface area contributed by atoms with E-state index in [-0.39, 0.29) is 0 Å². The van der Waals surface area contributed by atoms with Crippen LogP contribution in [0.2, 0.25) is 0 Å². The van der Waals surface area contributed by atoms with Gasteiger partial charge >= 0.3 is 0 Å². The Labute approximate surface area is 214 Å². The molecule has 0 heterocycles. The summed E-state index contributed by atoms with van der Waals surface area (Å²) in [7, 11) is 0. The third-order valence-corrected chi connectivity index (χ3v) is 9.56. The summed E-state index contributed by atoms with van der Waals surface area (Å²) in [5, 5.41) is 0. The monoisotopic (exact) mass is 466 g/mol. The summed E-state index contributed by atoms with van der Waals surface area (Å²) in [5.41, 5.74) is 3.14. The Balaban J connectivity index is 1.21. The Bertz CT molecular complexity index is 597. The predicted octanol–water partition coefficient (Wildman–Crippen LogP) is 11.1. The quantitative estimate of drug-likeness (QED) is 0.212. The molecule has 194 valence electrons. The Morgan fingerprint density at radius 3 is 1.21 bits per heavy atom. The van der Waals surface area contributed by atoms with Crippen LogP contribution in [0, 0.1) is 23.7 Å². The molecule has 0 spiro atoms. The van der Waals surface area contributed by atoms with Crippen LogP contribution in [0.3, 0.4) is 0 Å². The van der Waals surface area contributed by atoms with E-state index in [1.807, 2.05) is 0 Å². The first kappa shape index (κ1) is 27.8. The molecule has 1 aromatic carbocycles. The van der Waals surface area contributed by atoms with E-state index >= 15 is 0 Å². The van der Waals surface area contributed by atoms with Crippen molar-refractivity contribution in [2.45, 2.75) is 155 Å². The zero-order valence-corrected chi connectivity index (χ0v) is 23.2. The second-order valence-electron chi connectivity index (χ2n) is 12.4. The van der Waals surface area contributed by atoms with Gasteiger partial charge in [0.2, 0.25) is 0 Å². The highest BCUT2D eigenvalue weighted by Crippen LogP contribution is 2.35. The van der Waals surface area contributed by atoms with E-state index in [2.05, 4.69) is 38.1 Å². The fourth-order valence-electron chi connectivity index (χ4n) is 6.99. The van der Waals surface area contributed by atoms with Crippen molar-refractivity contribution in [3.05, 3.63) is 35.4 Å². The Morgan fingerprint density at radius 2 is 0.794 bits per heavy atom. The van der Waals surface area contributed by atoms with Crippen molar-refractivity contribution in [3.8, 4) is 0 Å². The van der Waals surface area contributed by atoms with Gasteiger partial charge in [0, 0.05) is 0 Å². The van der Waals surface area contributed by atoms with E-state index in [9.17, 15) is 0 Å². The minimum Gasteiger partial charge on any atom is -0.0654 e. The van der Waals surface area contributed by atoms with Crippen LogP contribution in [0.5, 0.6) is 0 Å². The molecule has 2 aliphatic rings. The van der Waals surface area contributed by atoms with Gasteiger partial charge in [-0.05, 0) is 60.5 Å². The topological polar surface area (TPSA) is 0 Å². The number of unbranched alkanes of at least 4 members (excludes halogenated alkanes) is 5. The number of hydrogen-bond acceptors (Lipinski definition) is 0. The molecule has 0 saturated heterocycles. The Hall–Kier alpha value is -0.780. The molecule has 0 bridgehead atoms. The molecule has 0 aliphatic heterocycles. The van der Waals surface area contributed by atoms with Crippen molar-refractivity contribution in [1.82, 2.24) is 0 Å². The van der Waals surface area contributed by atoms with E-state index in [1.165, 1.54) is 141 Å². The molecule has 34 heavy (non-hydrogen) atoms. The van der Waals surface area contributed by atoms with Crippen molar-refractivity contribution in [2.24, 2.45) is 23.7 Å². The molecule has 1 aromatic rings. The van der Waals surface area contributed by atoms with E-state index in [1.54, 1.807) is 11.1 Å². The summed E-state index contributed by atoms with van der Waals surface area (Å²) in [6.07, 6.45) is 32.0. The van der Waals surface area contributed by atoms with Gasteiger partial charge in [-0.25, -0.2) is 0 Å². The maximum Gasteiger partial charge on any atom is -0.0276 e. The molecule has 3 rings (SSSR count). The van der Waals surface area contributed by atoms with Crippen LogP contribution >= 0.6 is 0 Å².